The Bertz CT molecular complexity index is 715. The summed E-state index contributed by atoms with van der Waals surface area (Å²) in [6.07, 6.45) is 0. The van der Waals surface area contributed by atoms with Crippen LogP contribution in [-0.2, 0) is 0 Å². The number of hydrogen-bond acceptors (Lipinski definition) is 2. The van der Waals surface area contributed by atoms with Crippen molar-refractivity contribution in [2.45, 2.75) is 6.92 Å². The third-order valence-corrected chi connectivity index (χ3v) is 3.19. The van der Waals surface area contributed by atoms with Crippen LogP contribution in [0.3, 0.4) is 0 Å². The van der Waals surface area contributed by atoms with Crippen molar-refractivity contribution in [1.29, 1.82) is 0 Å². The predicted molar refractivity (Wildman–Crippen MR) is 82.2 cm³/mol. The summed E-state index contributed by atoms with van der Waals surface area (Å²) in [6.45, 7) is 2.25. The van der Waals surface area contributed by atoms with Gasteiger partial charge in [0.05, 0.1) is 5.56 Å². The van der Waals surface area contributed by atoms with Crippen LogP contribution in [0.4, 0.5) is 8.78 Å². The van der Waals surface area contributed by atoms with Crippen molar-refractivity contribution < 1.29 is 18.4 Å². The molecule has 23 heavy (non-hydrogen) atoms. The van der Waals surface area contributed by atoms with E-state index in [0.29, 0.717) is 11.6 Å². The number of hydrogen-bond donors (Lipinski definition) is 2. The third-order valence-electron chi connectivity index (χ3n) is 3.19. The maximum atomic E-state index is 13.4. The van der Waals surface area contributed by atoms with Crippen molar-refractivity contribution in [2.24, 2.45) is 0 Å². The van der Waals surface area contributed by atoms with Gasteiger partial charge >= 0.3 is 0 Å². The van der Waals surface area contributed by atoms with Gasteiger partial charge in [-0.05, 0) is 31.2 Å². The first-order valence-corrected chi connectivity index (χ1v) is 7.05. The quantitative estimate of drug-likeness (QED) is 0.832. The smallest absolute Gasteiger partial charge is 0.254 e. The Kier molecular flexibility index (Phi) is 5.41. The van der Waals surface area contributed by atoms with Crippen molar-refractivity contribution >= 4 is 11.8 Å². The summed E-state index contributed by atoms with van der Waals surface area (Å²) >= 11 is 0. The summed E-state index contributed by atoms with van der Waals surface area (Å²) in [6, 6.07) is 9.80. The Morgan fingerprint density at radius 2 is 1.52 bits per heavy atom. The molecule has 2 amide bonds. The number of amides is 2. The fourth-order valence-electron chi connectivity index (χ4n) is 1.93. The number of carbonyl (C=O) groups excluding carboxylic acids is 2. The van der Waals surface area contributed by atoms with E-state index in [1.54, 1.807) is 12.1 Å². The molecule has 0 aliphatic rings. The van der Waals surface area contributed by atoms with Gasteiger partial charge in [0, 0.05) is 24.7 Å². The van der Waals surface area contributed by atoms with Gasteiger partial charge in [-0.3, -0.25) is 9.59 Å². The maximum Gasteiger partial charge on any atom is 0.254 e. The van der Waals surface area contributed by atoms with E-state index < -0.39 is 17.5 Å². The second-order valence-corrected chi connectivity index (χ2v) is 5.00. The molecule has 0 atom stereocenters. The average molecular weight is 318 g/mol. The molecule has 0 radical (unpaired) electrons. The highest BCUT2D eigenvalue weighted by atomic mass is 19.1. The average Bonchev–Trinajstić information content (AvgIpc) is 2.51. The minimum Gasteiger partial charge on any atom is -0.350 e. The van der Waals surface area contributed by atoms with Crippen LogP contribution in [0.25, 0.3) is 0 Å². The molecule has 0 aliphatic carbocycles. The van der Waals surface area contributed by atoms with E-state index in [0.717, 1.165) is 17.7 Å². The number of halogens is 2. The largest absolute Gasteiger partial charge is 0.350 e. The van der Waals surface area contributed by atoms with E-state index in [9.17, 15) is 18.4 Å². The Hall–Kier alpha value is -2.76. The standard InChI is InChI=1S/C17H16F2N2O2/c1-11-2-4-12(5-3-11)16(22)20-8-9-21-17(23)14-7-6-13(18)10-15(14)19/h2-7,10H,8-9H2,1H3,(H,20,22)(H,21,23). The van der Waals surface area contributed by atoms with Gasteiger partial charge in [-0.1, -0.05) is 17.7 Å². The molecule has 0 heterocycles. The van der Waals surface area contributed by atoms with Gasteiger partial charge in [-0.25, -0.2) is 8.78 Å². The zero-order valence-corrected chi connectivity index (χ0v) is 12.5. The Balaban J connectivity index is 1.79. The van der Waals surface area contributed by atoms with Gasteiger partial charge < -0.3 is 10.6 Å². The zero-order chi connectivity index (χ0) is 16.8. The van der Waals surface area contributed by atoms with Gasteiger partial charge in [-0.15, -0.1) is 0 Å². The van der Waals surface area contributed by atoms with Crippen LogP contribution in [0.1, 0.15) is 26.3 Å². The van der Waals surface area contributed by atoms with E-state index in [2.05, 4.69) is 10.6 Å². The Morgan fingerprint density at radius 3 is 2.13 bits per heavy atom. The van der Waals surface area contributed by atoms with E-state index in [-0.39, 0.29) is 24.6 Å². The van der Waals surface area contributed by atoms with Crippen LogP contribution in [-0.4, -0.2) is 24.9 Å². The van der Waals surface area contributed by atoms with Gasteiger partial charge in [0.15, 0.2) is 0 Å². The Morgan fingerprint density at radius 1 is 0.913 bits per heavy atom. The van der Waals surface area contributed by atoms with Crippen LogP contribution < -0.4 is 10.6 Å². The molecule has 0 bridgehead atoms. The van der Waals surface area contributed by atoms with Crippen LogP contribution in [0.5, 0.6) is 0 Å². The number of aryl methyl sites for hydroxylation is 1. The molecule has 0 fully saturated rings. The number of rotatable bonds is 5. The molecule has 0 spiro atoms. The summed E-state index contributed by atoms with van der Waals surface area (Å²) in [4.78, 5) is 23.6. The second-order valence-electron chi connectivity index (χ2n) is 5.00. The number of carbonyl (C=O) groups is 2. The highest BCUT2D eigenvalue weighted by molar-refractivity contribution is 5.95. The summed E-state index contributed by atoms with van der Waals surface area (Å²) in [5, 5.41) is 5.10. The summed E-state index contributed by atoms with van der Waals surface area (Å²) in [7, 11) is 0. The summed E-state index contributed by atoms with van der Waals surface area (Å²) in [5.41, 5.74) is 1.33. The van der Waals surface area contributed by atoms with E-state index in [1.807, 2.05) is 19.1 Å². The molecule has 0 aliphatic heterocycles. The molecular weight excluding hydrogens is 302 g/mol. The molecule has 2 rings (SSSR count). The summed E-state index contributed by atoms with van der Waals surface area (Å²) < 4.78 is 26.2. The van der Waals surface area contributed by atoms with Crippen molar-refractivity contribution in [3.05, 3.63) is 70.8 Å². The van der Waals surface area contributed by atoms with E-state index in [4.69, 9.17) is 0 Å². The van der Waals surface area contributed by atoms with Gasteiger partial charge in [0.1, 0.15) is 11.6 Å². The summed E-state index contributed by atoms with van der Waals surface area (Å²) in [5.74, 6) is -2.59. The molecule has 0 aromatic heterocycles. The van der Waals surface area contributed by atoms with Crippen molar-refractivity contribution in [3.8, 4) is 0 Å². The van der Waals surface area contributed by atoms with Crippen LogP contribution in [0, 0.1) is 18.6 Å². The first kappa shape index (κ1) is 16.6. The minimum absolute atomic E-state index is 0.132. The molecule has 2 N–H and O–H groups in total. The predicted octanol–water partition coefficient (Wildman–Crippen LogP) is 2.43. The van der Waals surface area contributed by atoms with Gasteiger partial charge in [-0.2, -0.15) is 0 Å². The third kappa shape index (κ3) is 4.60. The first-order chi connectivity index (χ1) is 11.0. The van der Waals surface area contributed by atoms with Gasteiger partial charge in [0.25, 0.3) is 11.8 Å². The molecule has 120 valence electrons. The second kappa shape index (κ2) is 7.49. The molecule has 2 aromatic rings. The van der Waals surface area contributed by atoms with Crippen LogP contribution in [0.2, 0.25) is 0 Å². The SMILES string of the molecule is Cc1ccc(C(=O)NCCNC(=O)c2ccc(F)cc2F)cc1. The monoisotopic (exact) mass is 318 g/mol. The molecular formula is C17H16F2N2O2. The Labute approximate surface area is 132 Å². The number of benzene rings is 2. The molecule has 2 aromatic carbocycles. The first-order valence-electron chi connectivity index (χ1n) is 7.05. The normalized spacial score (nSPS) is 10.2. The lowest BCUT2D eigenvalue weighted by Gasteiger charge is -2.08. The lowest BCUT2D eigenvalue weighted by Crippen LogP contribution is -2.35. The van der Waals surface area contributed by atoms with E-state index in [1.165, 1.54) is 0 Å². The topological polar surface area (TPSA) is 58.2 Å². The number of nitrogens with one attached hydrogen (secondary N) is 2. The van der Waals surface area contributed by atoms with Crippen LogP contribution >= 0.6 is 0 Å². The molecule has 4 nitrogen and oxygen atoms in total. The molecule has 6 heteroatoms. The molecule has 0 saturated heterocycles. The highest BCUT2D eigenvalue weighted by Gasteiger charge is 2.12. The zero-order valence-electron chi connectivity index (χ0n) is 12.5. The fraction of sp³-hybridized carbons (Fsp3) is 0.176. The lowest BCUT2D eigenvalue weighted by molar-refractivity contribution is 0.0925. The van der Waals surface area contributed by atoms with Crippen molar-refractivity contribution in [1.82, 2.24) is 10.6 Å². The molecule has 0 unspecified atom stereocenters. The fourth-order valence-corrected chi connectivity index (χ4v) is 1.93. The molecule has 0 saturated carbocycles. The minimum atomic E-state index is -0.925. The van der Waals surface area contributed by atoms with Crippen LogP contribution in [0.15, 0.2) is 42.5 Å². The van der Waals surface area contributed by atoms with Crippen molar-refractivity contribution in [2.75, 3.05) is 13.1 Å². The van der Waals surface area contributed by atoms with Crippen molar-refractivity contribution in [3.63, 3.8) is 0 Å². The van der Waals surface area contributed by atoms with Gasteiger partial charge in [0.2, 0.25) is 0 Å². The lowest BCUT2D eigenvalue weighted by atomic mass is 10.1. The highest BCUT2D eigenvalue weighted by Crippen LogP contribution is 2.09. The maximum absolute atomic E-state index is 13.4. The van der Waals surface area contributed by atoms with E-state index >= 15 is 0 Å².